The third-order valence-electron chi connectivity index (χ3n) is 3.55. The molecule has 6 heteroatoms. The second-order valence-corrected chi connectivity index (χ2v) is 4.90. The Hall–Kier alpha value is -2.89. The number of likely N-dealkylation sites (N-methyl/N-ethyl adjacent to an activating group) is 1. The molecule has 2 N–H and O–H groups in total. The summed E-state index contributed by atoms with van der Waals surface area (Å²) in [5.74, 6) is -1.38. The van der Waals surface area contributed by atoms with E-state index in [0.717, 1.165) is 10.8 Å². The molecular weight excluding hydrogens is 294 g/mol. The van der Waals surface area contributed by atoms with Gasteiger partial charge in [0.15, 0.2) is 0 Å². The smallest absolute Gasteiger partial charge is 0.329 e. The van der Waals surface area contributed by atoms with Crippen molar-refractivity contribution < 1.29 is 14.7 Å². The number of benzene rings is 2. The summed E-state index contributed by atoms with van der Waals surface area (Å²) in [7, 11) is 0. The number of fused-ring (bicyclic) bond motifs is 1. The average Bonchev–Trinajstić information content (AvgIpc) is 2.57. The first-order chi connectivity index (χ1) is 11.1. The SMILES string of the molecule is CCN(CC)C(=O)C(=O)N/N=C/c1c(O)ccc2ccccc12. The molecule has 0 aliphatic rings. The number of phenolic OH excluding ortho intramolecular Hbond substituents is 1. The van der Waals surface area contributed by atoms with Gasteiger partial charge >= 0.3 is 11.8 Å². The summed E-state index contributed by atoms with van der Waals surface area (Å²) in [6.07, 6.45) is 1.34. The van der Waals surface area contributed by atoms with Crippen molar-refractivity contribution in [3.8, 4) is 5.75 Å². The summed E-state index contributed by atoms with van der Waals surface area (Å²) in [6, 6.07) is 10.9. The number of amides is 2. The molecule has 0 saturated heterocycles. The Balaban J connectivity index is 2.17. The highest BCUT2D eigenvalue weighted by atomic mass is 16.3. The molecule has 6 nitrogen and oxygen atoms in total. The van der Waals surface area contributed by atoms with Crippen LogP contribution in [0.2, 0.25) is 0 Å². The Kier molecular flexibility index (Phi) is 5.30. The Morgan fingerprint density at radius 3 is 2.57 bits per heavy atom. The van der Waals surface area contributed by atoms with Crippen LogP contribution in [0.25, 0.3) is 10.8 Å². The van der Waals surface area contributed by atoms with Crippen molar-refractivity contribution in [2.24, 2.45) is 5.10 Å². The van der Waals surface area contributed by atoms with Crippen LogP contribution in [0.3, 0.4) is 0 Å². The number of aromatic hydroxyl groups is 1. The first-order valence-corrected chi connectivity index (χ1v) is 7.41. The molecule has 0 fully saturated rings. The summed E-state index contributed by atoms with van der Waals surface area (Å²) >= 11 is 0. The molecule has 0 radical (unpaired) electrons. The molecule has 0 aromatic heterocycles. The van der Waals surface area contributed by atoms with Gasteiger partial charge in [0.2, 0.25) is 0 Å². The first-order valence-electron chi connectivity index (χ1n) is 7.41. The minimum absolute atomic E-state index is 0.0526. The molecule has 0 unspecified atom stereocenters. The van der Waals surface area contributed by atoms with Gasteiger partial charge in [-0.1, -0.05) is 30.3 Å². The van der Waals surface area contributed by atoms with Gasteiger partial charge in [0.25, 0.3) is 0 Å². The Morgan fingerprint density at radius 2 is 1.87 bits per heavy atom. The first kappa shape index (κ1) is 16.5. The van der Waals surface area contributed by atoms with Gasteiger partial charge in [0.05, 0.1) is 6.21 Å². The quantitative estimate of drug-likeness (QED) is 0.513. The van der Waals surface area contributed by atoms with Gasteiger partial charge < -0.3 is 10.0 Å². The van der Waals surface area contributed by atoms with Crippen LogP contribution < -0.4 is 5.43 Å². The van der Waals surface area contributed by atoms with E-state index in [-0.39, 0.29) is 5.75 Å². The van der Waals surface area contributed by atoms with Crippen LogP contribution in [0.15, 0.2) is 41.5 Å². The minimum Gasteiger partial charge on any atom is -0.507 e. The lowest BCUT2D eigenvalue weighted by Gasteiger charge is -2.16. The third kappa shape index (κ3) is 3.66. The third-order valence-corrected chi connectivity index (χ3v) is 3.55. The molecule has 0 saturated carbocycles. The van der Waals surface area contributed by atoms with Crippen molar-refractivity contribution in [3.05, 3.63) is 42.0 Å². The molecule has 23 heavy (non-hydrogen) atoms. The maximum atomic E-state index is 11.8. The van der Waals surface area contributed by atoms with Gasteiger partial charge in [-0.3, -0.25) is 9.59 Å². The van der Waals surface area contributed by atoms with Crippen molar-refractivity contribution in [1.82, 2.24) is 10.3 Å². The molecule has 2 aromatic rings. The predicted octanol–water partition coefficient (Wildman–Crippen LogP) is 1.86. The van der Waals surface area contributed by atoms with E-state index in [1.807, 2.05) is 24.3 Å². The highest BCUT2D eigenvalue weighted by Crippen LogP contribution is 2.25. The molecule has 2 rings (SSSR count). The van der Waals surface area contributed by atoms with E-state index in [4.69, 9.17) is 0 Å². The molecule has 0 aliphatic carbocycles. The van der Waals surface area contributed by atoms with Crippen LogP contribution in [-0.2, 0) is 9.59 Å². The van der Waals surface area contributed by atoms with Crippen molar-refractivity contribution in [3.63, 3.8) is 0 Å². The maximum absolute atomic E-state index is 11.8. The molecule has 0 bridgehead atoms. The fraction of sp³-hybridized carbons (Fsp3) is 0.235. The summed E-state index contributed by atoms with van der Waals surface area (Å²) in [4.78, 5) is 25.0. The van der Waals surface area contributed by atoms with E-state index in [0.29, 0.717) is 18.7 Å². The van der Waals surface area contributed by atoms with Crippen molar-refractivity contribution in [1.29, 1.82) is 0 Å². The van der Waals surface area contributed by atoms with E-state index in [1.165, 1.54) is 11.1 Å². The average molecular weight is 313 g/mol. The van der Waals surface area contributed by atoms with E-state index in [1.54, 1.807) is 26.0 Å². The Bertz CT molecular complexity index is 752. The van der Waals surface area contributed by atoms with Crippen molar-refractivity contribution in [2.45, 2.75) is 13.8 Å². The highest BCUT2D eigenvalue weighted by molar-refractivity contribution is 6.35. The lowest BCUT2D eigenvalue weighted by atomic mass is 10.0. The molecule has 2 aromatic carbocycles. The van der Waals surface area contributed by atoms with Gasteiger partial charge in [-0.15, -0.1) is 0 Å². The number of nitrogens with zero attached hydrogens (tertiary/aromatic N) is 2. The number of hydrogen-bond acceptors (Lipinski definition) is 4. The van der Waals surface area contributed by atoms with E-state index >= 15 is 0 Å². The molecule has 0 spiro atoms. The number of nitrogens with one attached hydrogen (secondary N) is 1. The molecule has 0 atom stereocenters. The van der Waals surface area contributed by atoms with Gasteiger partial charge in [0.1, 0.15) is 5.75 Å². The second-order valence-electron chi connectivity index (χ2n) is 4.90. The normalized spacial score (nSPS) is 10.9. The van der Waals surface area contributed by atoms with Crippen LogP contribution in [-0.4, -0.2) is 41.1 Å². The van der Waals surface area contributed by atoms with Crippen molar-refractivity contribution in [2.75, 3.05) is 13.1 Å². The number of rotatable bonds is 4. The molecule has 120 valence electrons. The maximum Gasteiger partial charge on any atom is 0.329 e. The fourth-order valence-corrected chi connectivity index (χ4v) is 2.28. The fourth-order valence-electron chi connectivity index (χ4n) is 2.28. The Labute approximate surface area is 134 Å². The standard InChI is InChI=1S/C17H19N3O3/c1-3-20(4-2)17(23)16(22)19-18-11-14-13-8-6-5-7-12(13)9-10-15(14)21/h5-11,21H,3-4H2,1-2H3,(H,19,22)/b18-11+. The zero-order valence-corrected chi connectivity index (χ0v) is 13.1. The van der Waals surface area contributed by atoms with Gasteiger partial charge in [-0.2, -0.15) is 5.10 Å². The zero-order chi connectivity index (χ0) is 16.8. The van der Waals surface area contributed by atoms with Crippen LogP contribution >= 0.6 is 0 Å². The topological polar surface area (TPSA) is 82.0 Å². The second kappa shape index (κ2) is 7.40. The van der Waals surface area contributed by atoms with Gasteiger partial charge in [0, 0.05) is 18.7 Å². The van der Waals surface area contributed by atoms with E-state index in [2.05, 4.69) is 10.5 Å². The van der Waals surface area contributed by atoms with Crippen LogP contribution in [0.4, 0.5) is 0 Å². The largest absolute Gasteiger partial charge is 0.507 e. The summed E-state index contributed by atoms with van der Waals surface area (Å²) in [5.41, 5.74) is 2.69. The highest BCUT2D eigenvalue weighted by Gasteiger charge is 2.18. The number of phenols is 1. The van der Waals surface area contributed by atoms with Crippen LogP contribution in [0.1, 0.15) is 19.4 Å². The molecule has 0 heterocycles. The number of hydrogen-bond donors (Lipinski definition) is 2. The summed E-state index contributed by atoms with van der Waals surface area (Å²) < 4.78 is 0. The minimum atomic E-state index is -0.801. The summed E-state index contributed by atoms with van der Waals surface area (Å²) in [5, 5.41) is 15.5. The Morgan fingerprint density at radius 1 is 1.17 bits per heavy atom. The van der Waals surface area contributed by atoms with E-state index < -0.39 is 11.8 Å². The van der Waals surface area contributed by atoms with E-state index in [9.17, 15) is 14.7 Å². The summed E-state index contributed by atoms with van der Waals surface area (Å²) in [6.45, 7) is 4.51. The van der Waals surface area contributed by atoms with Crippen molar-refractivity contribution >= 4 is 28.8 Å². The van der Waals surface area contributed by atoms with Gasteiger partial charge in [-0.25, -0.2) is 5.43 Å². The monoisotopic (exact) mass is 313 g/mol. The lowest BCUT2D eigenvalue weighted by molar-refractivity contribution is -0.145. The number of carbonyl (C=O) groups is 2. The number of hydrazone groups is 1. The molecule has 2 amide bonds. The zero-order valence-electron chi connectivity index (χ0n) is 13.1. The predicted molar refractivity (Wildman–Crippen MR) is 89.3 cm³/mol. The molecule has 0 aliphatic heterocycles. The van der Waals surface area contributed by atoms with Crippen LogP contribution in [0.5, 0.6) is 5.75 Å². The number of carbonyl (C=O) groups excluding carboxylic acids is 2. The molecular formula is C17H19N3O3. The van der Waals surface area contributed by atoms with Crippen LogP contribution in [0, 0.1) is 0 Å². The van der Waals surface area contributed by atoms with Gasteiger partial charge in [-0.05, 0) is 30.7 Å². The lowest BCUT2D eigenvalue weighted by Crippen LogP contribution is -2.41.